The molecule has 0 spiro atoms. The van der Waals surface area contributed by atoms with Crippen molar-refractivity contribution in [1.29, 1.82) is 0 Å². The largest absolute Gasteiger partial charge is 0.378 e. The standard InChI is InChI=1S/C25H23N3O4/c29-22(17-8-2-1-3-9-17)23(30)26-18-13-14-27-21(15-18)24(31)28(25(27)32)20-12-6-10-16-7-4-5-11-19(16)20/h1-12,18,21-22,29H,13-15H2,(H,26,30). The highest BCUT2D eigenvalue weighted by Gasteiger charge is 2.49. The monoisotopic (exact) mass is 429 g/mol. The van der Waals surface area contributed by atoms with Crippen molar-refractivity contribution < 1.29 is 19.5 Å². The van der Waals surface area contributed by atoms with Crippen molar-refractivity contribution in [1.82, 2.24) is 10.2 Å². The second kappa shape index (κ2) is 8.09. The quantitative estimate of drug-likeness (QED) is 0.624. The van der Waals surface area contributed by atoms with E-state index in [9.17, 15) is 19.5 Å². The third-order valence-corrected chi connectivity index (χ3v) is 6.26. The maximum absolute atomic E-state index is 13.3. The molecule has 7 heteroatoms. The summed E-state index contributed by atoms with van der Waals surface area (Å²) < 4.78 is 0. The SMILES string of the molecule is O=C(NC1CCN2C(=O)N(c3cccc4ccccc34)C(=O)C2C1)C(O)c1ccccc1. The first-order valence-electron chi connectivity index (χ1n) is 10.7. The van der Waals surface area contributed by atoms with Crippen LogP contribution in [0.1, 0.15) is 24.5 Å². The van der Waals surface area contributed by atoms with Crippen LogP contribution >= 0.6 is 0 Å². The van der Waals surface area contributed by atoms with Gasteiger partial charge in [0, 0.05) is 18.0 Å². The molecule has 4 amide bonds. The van der Waals surface area contributed by atoms with Crippen LogP contribution in [0.4, 0.5) is 10.5 Å². The lowest BCUT2D eigenvalue weighted by atomic mass is 9.97. The molecule has 162 valence electrons. The number of aliphatic hydroxyl groups is 1. The van der Waals surface area contributed by atoms with Crippen LogP contribution in [-0.2, 0) is 9.59 Å². The minimum Gasteiger partial charge on any atom is -0.378 e. The molecule has 3 atom stereocenters. The topological polar surface area (TPSA) is 90.0 Å². The third kappa shape index (κ3) is 3.40. The van der Waals surface area contributed by atoms with Crippen molar-refractivity contribution in [2.45, 2.75) is 31.0 Å². The van der Waals surface area contributed by atoms with E-state index in [0.717, 1.165) is 10.8 Å². The van der Waals surface area contributed by atoms with E-state index < -0.39 is 18.1 Å². The summed E-state index contributed by atoms with van der Waals surface area (Å²) in [5.41, 5.74) is 1.09. The van der Waals surface area contributed by atoms with Crippen molar-refractivity contribution in [3.05, 3.63) is 78.4 Å². The Morgan fingerprint density at radius 2 is 1.69 bits per heavy atom. The molecule has 3 unspecified atom stereocenters. The molecule has 0 aromatic heterocycles. The van der Waals surface area contributed by atoms with Gasteiger partial charge in [-0.2, -0.15) is 0 Å². The molecule has 3 aromatic rings. The lowest BCUT2D eigenvalue weighted by Crippen LogP contribution is -2.50. The first-order valence-corrected chi connectivity index (χ1v) is 10.7. The van der Waals surface area contributed by atoms with E-state index in [2.05, 4.69) is 5.32 Å². The fraction of sp³-hybridized carbons (Fsp3) is 0.240. The summed E-state index contributed by atoms with van der Waals surface area (Å²) in [6, 6.07) is 20.7. The molecular weight excluding hydrogens is 406 g/mol. The molecule has 0 aliphatic carbocycles. The number of carbonyl (C=O) groups is 3. The number of fused-ring (bicyclic) bond motifs is 2. The third-order valence-electron chi connectivity index (χ3n) is 6.26. The Morgan fingerprint density at radius 1 is 0.969 bits per heavy atom. The van der Waals surface area contributed by atoms with Crippen LogP contribution in [0.3, 0.4) is 0 Å². The highest BCUT2D eigenvalue weighted by atomic mass is 16.3. The Kier molecular flexibility index (Phi) is 5.11. The van der Waals surface area contributed by atoms with E-state index in [-0.39, 0.29) is 18.0 Å². The fourth-order valence-corrected chi connectivity index (χ4v) is 4.62. The molecule has 2 heterocycles. The minimum absolute atomic E-state index is 0.283. The van der Waals surface area contributed by atoms with E-state index in [1.807, 2.05) is 42.5 Å². The normalized spacial score (nSPS) is 21.5. The lowest BCUT2D eigenvalue weighted by molar-refractivity contribution is -0.131. The minimum atomic E-state index is -1.28. The molecule has 0 bridgehead atoms. The first-order chi connectivity index (χ1) is 15.5. The van der Waals surface area contributed by atoms with E-state index >= 15 is 0 Å². The molecule has 3 aromatic carbocycles. The van der Waals surface area contributed by atoms with Crippen molar-refractivity contribution in [3.8, 4) is 0 Å². The molecular formula is C25H23N3O4. The summed E-state index contributed by atoms with van der Waals surface area (Å²) in [6.45, 7) is 0.364. The Balaban J connectivity index is 1.34. The van der Waals surface area contributed by atoms with Crippen molar-refractivity contribution in [2.75, 3.05) is 11.4 Å². The number of aliphatic hydroxyl groups excluding tert-OH is 1. The number of carbonyl (C=O) groups excluding carboxylic acids is 3. The van der Waals surface area contributed by atoms with Crippen LogP contribution in [0.2, 0.25) is 0 Å². The van der Waals surface area contributed by atoms with Crippen LogP contribution < -0.4 is 10.2 Å². The van der Waals surface area contributed by atoms with Crippen molar-refractivity contribution >= 4 is 34.3 Å². The van der Waals surface area contributed by atoms with E-state index in [1.165, 1.54) is 4.90 Å². The van der Waals surface area contributed by atoms with Crippen LogP contribution in [0.5, 0.6) is 0 Å². The summed E-state index contributed by atoms with van der Waals surface area (Å²) >= 11 is 0. The van der Waals surface area contributed by atoms with Crippen molar-refractivity contribution in [2.24, 2.45) is 0 Å². The smallest absolute Gasteiger partial charge is 0.332 e. The van der Waals surface area contributed by atoms with Gasteiger partial charge in [0.05, 0.1) is 5.69 Å². The second-order valence-corrected chi connectivity index (χ2v) is 8.21. The van der Waals surface area contributed by atoms with Crippen LogP contribution in [-0.4, -0.2) is 46.5 Å². The number of urea groups is 1. The Labute approximate surface area is 185 Å². The van der Waals surface area contributed by atoms with Gasteiger partial charge in [-0.3, -0.25) is 9.59 Å². The number of nitrogens with zero attached hydrogens (tertiary/aromatic N) is 2. The Hall–Kier alpha value is -3.71. The number of anilines is 1. The maximum Gasteiger partial charge on any atom is 0.332 e. The first kappa shape index (κ1) is 20.2. The van der Waals surface area contributed by atoms with Gasteiger partial charge in [-0.15, -0.1) is 0 Å². The average molecular weight is 429 g/mol. The molecule has 7 nitrogen and oxygen atoms in total. The fourth-order valence-electron chi connectivity index (χ4n) is 4.62. The molecule has 2 N–H and O–H groups in total. The average Bonchev–Trinajstić information content (AvgIpc) is 3.08. The Morgan fingerprint density at radius 3 is 2.50 bits per heavy atom. The highest BCUT2D eigenvalue weighted by Crippen LogP contribution is 2.34. The summed E-state index contributed by atoms with van der Waals surface area (Å²) in [5, 5.41) is 15.0. The van der Waals surface area contributed by atoms with Gasteiger partial charge in [-0.05, 0) is 29.9 Å². The molecule has 5 rings (SSSR count). The van der Waals surface area contributed by atoms with Crippen LogP contribution in [0, 0.1) is 0 Å². The number of hydrogen-bond donors (Lipinski definition) is 2. The van der Waals surface area contributed by atoms with Gasteiger partial charge >= 0.3 is 6.03 Å². The molecule has 2 aliphatic rings. The van der Waals surface area contributed by atoms with Gasteiger partial charge in [0.1, 0.15) is 6.04 Å². The highest BCUT2D eigenvalue weighted by molar-refractivity contribution is 6.24. The zero-order chi connectivity index (χ0) is 22.2. The second-order valence-electron chi connectivity index (χ2n) is 8.21. The number of nitrogens with one attached hydrogen (secondary N) is 1. The van der Waals surface area contributed by atoms with Gasteiger partial charge in [0.25, 0.3) is 11.8 Å². The van der Waals surface area contributed by atoms with E-state index in [1.54, 1.807) is 35.2 Å². The summed E-state index contributed by atoms with van der Waals surface area (Å²) in [5.74, 6) is -0.786. The summed E-state index contributed by atoms with van der Waals surface area (Å²) in [6.07, 6.45) is -0.437. The predicted octanol–water partition coefficient (Wildman–Crippen LogP) is 2.99. The summed E-state index contributed by atoms with van der Waals surface area (Å²) in [7, 11) is 0. The van der Waals surface area contributed by atoms with Gasteiger partial charge in [0.2, 0.25) is 0 Å². The molecule has 32 heavy (non-hydrogen) atoms. The van der Waals surface area contributed by atoms with Gasteiger partial charge < -0.3 is 15.3 Å². The van der Waals surface area contributed by atoms with Gasteiger partial charge in [0.15, 0.2) is 6.10 Å². The van der Waals surface area contributed by atoms with E-state index in [4.69, 9.17) is 0 Å². The number of rotatable bonds is 4. The van der Waals surface area contributed by atoms with Gasteiger partial charge in [-0.25, -0.2) is 9.69 Å². The summed E-state index contributed by atoms with van der Waals surface area (Å²) in [4.78, 5) is 41.8. The zero-order valence-corrected chi connectivity index (χ0v) is 17.3. The van der Waals surface area contributed by atoms with E-state index in [0.29, 0.717) is 30.6 Å². The Bertz CT molecular complexity index is 1190. The predicted molar refractivity (Wildman–Crippen MR) is 120 cm³/mol. The molecule has 2 aliphatic heterocycles. The molecule has 0 radical (unpaired) electrons. The number of hydrogen-bond acceptors (Lipinski definition) is 4. The number of benzene rings is 3. The van der Waals surface area contributed by atoms with Crippen molar-refractivity contribution in [3.63, 3.8) is 0 Å². The molecule has 2 saturated heterocycles. The molecule has 0 saturated carbocycles. The molecule has 2 fully saturated rings. The number of amides is 4. The number of imide groups is 1. The lowest BCUT2D eigenvalue weighted by Gasteiger charge is -2.33. The van der Waals surface area contributed by atoms with Crippen LogP contribution in [0.15, 0.2) is 72.8 Å². The van der Waals surface area contributed by atoms with Gasteiger partial charge in [-0.1, -0.05) is 66.7 Å². The van der Waals surface area contributed by atoms with Crippen LogP contribution in [0.25, 0.3) is 10.8 Å². The number of piperidine rings is 1. The zero-order valence-electron chi connectivity index (χ0n) is 17.3. The maximum atomic E-state index is 13.3.